The molecule has 2 rings (SSSR count). The number of carbonyl (C=O) groups excluding carboxylic acids is 1. The molecule has 1 aromatic heterocycles. The third kappa shape index (κ3) is 5.32. The molecule has 1 saturated heterocycles. The van der Waals surface area contributed by atoms with E-state index >= 15 is 0 Å². The van der Waals surface area contributed by atoms with Gasteiger partial charge in [-0.25, -0.2) is 4.79 Å². The Bertz CT molecular complexity index is 421. The summed E-state index contributed by atoms with van der Waals surface area (Å²) in [6, 6.07) is 4.16. The summed E-state index contributed by atoms with van der Waals surface area (Å²) in [4.78, 5) is 17.8. The zero-order valence-electron chi connectivity index (χ0n) is 13.2. The van der Waals surface area contributed by atoms with Crippen LogP contribution in [0.3, 0.4) is 0 Å². The van der Waals surface area contributed by atoms with Crippen LogP contribution in [0.4, 0.5) is 4.79 Å². The quantitative estimate of drug-likeness (QED) is 0.877. The second-order valence-corrected chi connectivity index (χ2v) is 6.91. The second kappa shape index (κ2) is 8.39. The van der Waals surface area contributed by atoms with E-state index < -0.39 is 0 Å². The maximum absolute atomic E-state index is 12.2. The molecule has 1 aliphatic heterocycles. The van der Waals surface area contributed by atoms with Crippen molar-refractivity contribution in [3.05, 3.63) is 22.4 Å². The van der Waals surface area contributed by atoms with Crippen molar-refractivity contribution in [1.29, 1.82) is 0 Å². The van der Waals surface area contributed by atoms with Crippen LogP contribution in [0.2, 0.25) is 0 Å². The van der Waals surface area contributed by atoms with Gasteiger partial charge in [-0.1, -0.05) is 13.0 Å². The maximum Gasteiger partial charge on any atom is 0.317 e. The molecular formula is C16H27N3OS. The lowest BCUT2D eigenvalue weighted by molar-refractivity contribution is 0.176. The van der Waals surface area contributed by atoms with Gasteiger partial charge < -0.3 is 15.1 Å². The van der Waals surface area contributed by atoms with Gasteiger partial charge >= 0.3 is 6.03 Å². The molecule has 1 N–H and O–H groups in total. The average molecular weight is 309 g/mol. The first-order valence-electron chi connectivity index (χ1n) is 7.96. The van der Waals surface area contributed by atoms with Crippen LogP contribution in [0.15, 0.2) is 17.5 Å². The van der Waals surface area contributed by atoms with E-state index in [-0.39, 0.29) is 6.03 Å². The van der Waals surface area contributed by atoms with Crippen molar-refractivity contribution in [3.8, 4) is 0 Å². The highest BCUT2D eigenvalue weighted by molar-refractivity contribution is 7.09. The molecule has 21 heavy (non-hydrogen) atoms. The SMILES string of the molecule is CCN(Cc1cccs1)C(=O)NCCN1CCCC(C)C1. The third-order valence-electron chi connectivity index (χ3n) is 4.04. The van der Waals surface area contributed by atoms with Crippen molar-refractivity contribution in [2.75, 3.05) is 32.7 Å². The lowest BCUT2D eigenvalue weighted by Gasteiger charge is -2.31. The predicted molar refractivity (Wildman–Crippen MR) is 88.6 cm³/mol. The predicted octanol–water partition coefficient (Wildman–Crippen LogP) is 3.01. The van der Waals surface area contributed by atoms with E-state index in [1.807, 2.05) is 17.9 Å². The molecule has 0 saturated carbocycles. The van der Waals surface area contributed by atoms with Gasteiger partial charge in [0.1, 0.15) is 0 Å². The molecule has 1 aromatic rings. The molecule has 1 atom stereocenters. The standard InChI is InChI=1S/C16H27N3OS/c1-3-19(13-15-7-5-11-21-15)16(20)17-8-10-18-9-4-6-14(2)12-18/h5,7,11,14H,3-4,6,8-10,12-13H2,1-2H3,(H,17,20). The molecule has 1 fully saturated rings. The number of hydrogen-bond donors (Lipinski definition) is 1. The van der Waals surface area contributed by atoms with E-state index in [0.717, 1.165) is 25.6 Å². The van der Waals surface area contributed by atoms with Crippen molar-refractivity contribution in [2.24, 2.45) is 5.92 Å². The van der Waals surface area contributed by atoms with Crippen LogP contribution in [0, 0.1) is 5.92 Å². The van der Waals surface area contributed by atoms with Gasteiger partial charge in [0.05, 0.1) is 6.54 Å². The number of nitrogens with one attached hydrogen (secondary N) is 1. The number of carbonyl (C=O) groups is 1. The first kappa shape index (κ1) is 16.3. The fourth-order valence-corrected chi connectivity index (χ4v) is 3.56. The van der Waals surface area contributed by atoms with Crippen molar-refractivity contribution in [3.63, 3.8) is 0 Å². The second-order valence-electron chi connectivity index (χ2n) is 5.87. The fraction of sp³-hybridized carbons (Fsp3) is 0.688. The number of nitrogens with zero attached hydrogens (tertiary/aromatic N) is 2. The number of piperidine rings is 1. The number of urea groups is 1. The summed E-state index contributed by atoms with van der Waals surface area (Å²) in [5.74, 6) is 0.792. The molecule has 0 spiro atoms. The maximum atomic E-state index is 12.2. The van der Waals surface area contributed by atoms with Crippen LogP contribution in [0.5, 0.6) is 0 Å². The molecule has 118 valence electrons. The molecule has 2 amide bonds. The molecule has 0 aromatic carbocycles. The van der Waals surface area contributed by atoms with Gasteiger partial charge in [0.2, 0.25) is 0 Å². The summed E-state index contributed by atoms with van der Waals surface area (Å²) < 4.78 is 0. The van der Waals surface area contributed by atoms with Gasteiger partial charge in [-0.2, -0.15) is 0 Å². The molecular weight excluding hydrogens is 282 g/mol. The molecule has 0 bridgehead atoms. The Morgan fingerprint density at radius 2 is 2.43 bits per heavy atom. The summed E-state index contributed by atoms with van der Waals surface area (Å²) in [6.45, 7) is 9.84. The van der Waals surface area contributed by atoms with Crippen LogP contribution in [-0.4, -0.2) is 48.6 Å². The van der Waals surface area contributed by atoms with Crippen LogP contribution >= 0.6 is 11.3 Å². The highest BCUT2D eigenvalue weighted by Crippen LogP contribution is 2.14. The zero-order chi connectivity index (χ0) is 15.1. The van der Waals surface area contributed by atoms with Gasteiger partial charge in [0.15, 0.2) is 0 Å². The lowest BCUT2D eigenvalue weighted by atomic mass is 10.0. The first-order chi connectivity index (χ1) is 10.2. The average Bonchev–Trinajstić information content (AvgIpc) is 2.97. The van der Waals surface area contributed by atoms with Gasteiger partial charge in [-0.3, -0.25) is 0 Å². The highest BCUT2D eigenvalue weighted by atomic mass is 32.1. The summed E-state index contributed by atoms with van der Waals surface area (Å²) in [5.41, 5.74) is 0. The minimum atomic E-state index is 0.0518. The molecule has 0 aliphatic carbocycles. The minimum absolute atomic E-state index is 0.0518. The van der Waals surface area contributed by atoms with Crippen LogP contribution in [0.1, 0.15) is 31.6 Å². The van der Waals surface area contributed by atoms with E-state index in [1.54, 1.807) is 11.3 Å². The summed E-state index contributed by atoms with van der Waals surface area (Å²) in [6.07, 6.45) is 2.63. The summed E-state index contributed by atoms with van der Waals surface area (Å²) >= 11 is 1.70. The zero-order valence-corrected chi connectivity index (χ0v) is 14.0. The third-order valence-corrected chi connectivity index (χ3v) is 4.90. The monoisotopic (exact) mass is 309 g/mol. The first-order valence-corrected chi connectivity index (χ1v) is 8.84. The van der Waals surface area contributed by atoms with E-state index in [2.05, 4.69) is 28.6 Å². The van der Waals surface area contributed by atoms with E-state index in [0.29, 0.717) is 6.54 Å². The fourth-order valence-electron chi connectivity index (χ4n) is 2.84. The molecule has 2 heterocycles. The summed E-state index contributed by atoms with van der Waals surface area (Å²) in [7, 11) is 0. The Labute approximate surface area is 132 Å². The van der Waals surface area contributed by atoms with Gasteiger partial charge in [0.25, 0.3) is 0 Å². The Balaban J connectivity index is 1.69. The number of amides is 2. The Hall–Kier alpha value is -1.07. The molecule has 0 radical (unpaired) electrons. The highest BCUT2D eigenvalue weighted by Gasteiger charge is 2.17. The normalized spacial score (nSPS) is 19.4. The van der Waals surface area contributed by atoms with E-state index in [4.69, 9.17) is 0 Å². The van der Waals surface area contributed by atoms with Crippen molar-refractivity contribution >= 4 is 17.4 Å². The molecule has 5 heteroatoms. The smallest absolute Gasteiger partial charge is 0.317 e. The number of thiophene rings is 1. The van der Waals surface area contributed by atoms with Crippen LogP contribution in [0.25, 0.3) is 0 Å². The van der Waals surface area contributed by atoms with Gasteiger partial charge in [0, 0.05) is 31.1 Å². The van der Waals surface area contributed by atoms with Crippen molar-refractivity contribution in [2.45, 2.75) is 33.2 Å². The molecule has 4 nitrogen and oxygen atoms in total. The van der Waals surface area contributed by atoms with E-state index in [9.17, 15) is 4.79 Å². The van der Waals surface area contributed by atoms with Gasteiger partial charge in [-0.05, 0) is 43.7 Å². The molecule has 1 aliphatic rings. The number of hydrogen-bond acceptors (Lipinski definition) is 3. The minimum Gasteiger partial charge on any atom is -0.337 e. The summed E-state index contributed by atoms with van der Waals surface area (Å²) in [5, 5.41) is 5.11. The topological polar surface area (TPSA) is 35.6 Å². The lowest BCUT2D eigenvalue weighted by Crippen LogP contribution is -2.44. The van der Waals surface area contributed by atoms with Crippen molar-refractivity contribution < 1.29 is 4.79 Å². The van der Waals surface area contributed by atoms with Crippen LogP contribution in [-0.2, 0) is 6.54 Å². The Morgan fingerprint density at radius 3 is 3.10 bits per heavy atom. The number of rotatable bonds is 6. The molecule has 1 unspecified atom stereocenters. The van der Waals surface area contributed by atoms with Crippen LogP contribution < -0.4 is 5.32 Å². The van der Waals surface area contributed by atoms with Crippen molar-refractivity contribution in [1.82, 2.24) is 15.1 Å². The largest absolute Gasteiger partial charge is 0.337 e. The Kier molecular flexibility index (Phi) is 6.51. The number of likely N-dealkylation sites (tertiary alicyclic amines) is 1. The van der Waals surface area contributed by atoms with E-state index in [1.165, 1.54) is 30.8 Å². The Morgan fingerprint density at radius 1 is 1.57 bits per heavy atom. The van der Waals surface area contributed by atoms with Gasteiger partial charge in [-0.15, -0.1) is 11.3 Å².